The number of benzene rings is 2. The molecular weight excluding hydrogens is 360 g/mol. The molecule has 7 heteroatoms. The molecule has 0 radical (unpaired) electrons. The van der Waals surface area contributed by atoms with Gasteiger partial charge in [0.1, 0.15) is 0 Å². The zero-order chi connectivity index (χ0) is 18.6. The van der Waals surface area contributed by atoms with Crippen LogP contribution in [0.2, 0.25) is 5.02 Å². The van der Waals surface area contributed by atoms with E-state index in [1.807, 2.05) is 19.9 Å². The van der Waals surface area contributed by atoms with Gasteiger partial charge in [-0.25, -0.2) is 13.1 Å². The third kappa shape index (κ3) is 5.29. The van der Waals surface area contributed by atoms with E-state index in [0.29, 0.717) is 16.3 Å². The molecule has 0 spiro atoms. The first-order chi connectivity index (χ1) is 11.7. The Bertz CT molecular complexity index is 895. The molecule has 134 valence electrons. The third-order valence-corrected chi connectivity index (χ3v) is 5.59. The number of carbonyl (C=O) groups is 1. The number of hydrogen-bond donors (Lipinski definition) is 2. The van der Waals surface area contributed by atoms with E-state index >= 15 is 0 Å². The van der Waals surface area contributed by atoms with Crippen molar-refractivity contribution in [2.45, 2.75) is 32.1 Å². The summed E-state index contributed by atoms with van der Waals surface area (Å²) in [6.45, 7) is 5.44. The van der Waals surface area contributed by atoms with Crippen molar-refractivity contribution in [1.29, 1.82) is 0 Å². The number of anilines is 1. The highest BCUT2D eigenvalue weighted by Gasteiger charge is 2.17. The smallest absolute Gasteiger partial charge is 0.240 e. The highest BCUT2D eigenvalue weighted by Crippen LogP contribution is 2.20. The number of rotatable bonds is 6. The van der Waals surface area contributed by atoms with E-state index in [-0.39, 0.29) is 23.8 Å². The molecule has 0 fully saturated rings. The standard InChI is InChI=1S/C18H21ClN2O3S/c1-12-4-5-14(3)17(10-12)25(23,24)20-9-8-18(22)21-16-11-15(19)7-6-13(16)2/h4-7,10-11,20H,8-9H2,1-3H3,(H,21,22). The summed E-state index contributed by atoms with van der Waals surface area (Å²) in [5.41, 5.74) is 3.03. The number of aryl methyl sites for hydroxylation is 3. The van der Waals surface area contributed by atoms with Gasteiger partial charge in [0, 0.05) is 23.7 Å². The van der Waals surface area contributed by atoms with Crippen LogP contribution in [0.3, 0.4) is 0 Å². The zero-order valence-electron chi connectivity index (χ0n) is 14.4. The second-order valence-corrected chi connectivity index (χ2v) is 8.10. The van der Waals surface area contributed by atoms with E-state index in [1.165, 1.54) is 0 Å². The maximum atomic E-state index is 12.4. The molecule has 0 unspecified atom stereocenters. The van der Waals surface area contributed by atoms with Crippen LogP contribution in [0.5, 0.6) is 0 Å². The van der Waals surface area contributed by atoms with Gasteiger partial charge in [0.2, 0.25) is 15.9 Å². The topological polar surface area (TPSA) is 75.3 Å². The van der Waals surface area contributed by atoms with Crippen LogP contribution in [-0.2, 0) is 14.8 Å². The van der Waals surface area contributed by atoms with E-state index in [9.17, 15) is 13.2 Å². The fourth-order valence-electron chi connectivity index (χ4n) is 2.32. The molecule has 25 heavy (non-hydrogen) atoms. The summed E-state index contributed by atoms with van der Waals surface area (Å²) in [6, 6.07) is 10.4. The molecule has 0 aliphatic heterocycles. The van der Waals surface area contributed by atoms with E-state index < -0.39 is 10.0 Å². The molecule has 0 aliphatic carbocycles. The van der Waals surface area contributed by atoms with Gasteiger partial charge in [0.25, 0.3) is 0 Å². The number of hydrogen-bond acceptors (Lipinski definition) is 3. The van der Waals surface area contributed by atoms with E-state index in [0.717, 1.165) is 11.1 Å². The molecule has 2 N–H and O–H groups in total. The summed E-state index contributed by atoms with van der Waals surface area (Å²) < 4.78 is 27.2. The highest BCUT2D eigenvalue weighted by molar-refractivity contribution is 7.89. The zero-order valence-corrected chi connectivity index (χ0v) is 16.0. The summed E-state index contributed by atoms with van der Waals surface area (Å²) in [5, 5.41) is 3.26. The van der Waals surface area contributed by atoms with Gasteiger partial charge in [-0.1, -0.05) is 29.8 Å². The number of sulfonamides is 1. The minimum Gasteiger partial charge on any atom is -0.326 e. The lowest BCUT2D eigenvalue weighted by Gasteiger charge is -2.11. The predicted molar refractivity (Wildman–Crippen MR) is 101 cm³/mol. The maximum Gasteiger partial charge on any atom is 0.240 e. The summed E-state index contributed by atoms with van der Waals surface area (Å²) in [5.74, 6) is -0.283. The molecular formula is C18H21ClN2O3S. The van der Waals surface area contributed by atoms with Crippen molar-refractivity contribution >= 4 is 33.2 Å². The summed E-state index contributed by atoms with van der Waals surface area (Å²) in [4.78, 5) is 12.3. The van der Waals surface area contributed by atoms with Gasteiger partial charge in [0.15, 0.2) is 0 Å². The number of halogens is 1. The van der Waals surface area contributed by atoms with Crippen LogP contribution in [0.4, 0.5) is 5.69 Å². The van der Waals surface area contributed by atoms with Crippen molar-refractivity contribution in [2.75, 3.05) is 11.9 Å². The van der Waals surface area contributed by atoms with Crippen LogP contribution < -0.4 is 10.0 Å². The minimum absolute atomic E-state index is 0.0150. The summed E-state index contributed by atoms with van der Waals surface area (Å²) in [7, 11) is -3.65. The summed E-state index contributed by atoms with van der Waals surface area (Å²) >= 11 is 5.92. The van der Waals surface area contributed by atoms with Crippen LogP contribution in [0.15, 0.2) is 41.3 Å². The van der Waals surface area contributed by atoms with Crippen molar-refractivity contribution in [3.63, 3.8) is 0 Å². The SMILES string of the molecule is Cc1ccc(C)c(S(=O)(=O)NCCC(=O)Nc2cc(Cl)ccc2C)c1. The molecule has 0 saturated heterocycles. The first kappa shape index (κ1) is 19.4. The Morgan fingerprint density at radius 3 is 2.44 bits per heavy atom. The fraction of sp³-hybridized carbons (Fsp3) is 0.278. The Morgan fingerprint density at radius 1 is 1.04 bits per heavy atom. The second-order valence-electron chi connectivity index (χ2n) is 5.92. The van der Waals surface area contributed by atoms with Crippen LogP contribution in [0.25, 0.3) is 0 Å². The van der Waals surface area contributed by atoms with Gasteiger partial charge in [-0.2, -0.15) is 0 Å². The molecule has 0 aliphatic rings. The fourth-order valence-corrected chi connectivity index (χ4v) is 3.85. The summed E-state index contributed by atoms with van der Waals surface area (Å²) in [6.07, 6.45) is 0.0239. The third-order valence-electron chi connectivity index (χ3n) is 3.75. The largest absolute Gasteiger partial charge is 0.326 e. The average Bonchev–Trinajstić information content (AvgIpc) is 2.53. The lowest BCUT2D eigenvalue weighted by molar-refractivity contribution is -0.116. The molecule has 0 atom stereocenters. The Morgan fingerprint density at radius 2 is 1.72 bits per heavy atom. The van der Waals surface area contributed by atoms with Gasteiger partial charge in [-0.15, -0.1) is 0 Å². The Hall–Kier alpha value is -1.89. The van der Waals surface area contributed by atoms with Crippen molar-refractivity contribution in [3.05, 3.63) is 58.1 Å². The first-order valence-electron chi connectivity index (χ1n) is 7.82. The van der Waals surface area contributed by atoms with E-state index in [4.69, 9.17) is 11.6 Å². The predicted octanol–water partition coefficient (Wildman–Crippen LogP) is 3.57. The molecule has 0 aromatic heterocycles. The van der Waals surface area contributed by atoms with Crippen LogP contribution in [-0.4, -0.2) is 20.9 Å². The van der Waals surface area contributed by atoms with Crippen molar-refractivity contribution in [3.8, 4) is 0 Å². The molecule has 1 amide bonds. The van der Waals surface area contributed by atoms with Gasteiger partial charge >= 0.3 is 0 Å². The normalized spacial score (nSPS) is 11.4. The second kappa shape index (κ2) is 7.99. The monoisotopic (exact) mass is 380 g/mol. The van der Waals surface area contributed by atoms with Gasteiger partial charge < -0.3 is 5.32 Å². The Balaban J connectivity index is 1.96. The van der Waals surface area contributed by atoms with Gasteiger partial charge in [-0.05, 0) is 55.7 Å². The van der Waals surface area contributed by atoms with Crippen LogP contribution >= 0.6 is 11.6 Å². The number of nitrogens with one attached hydrogen (secondary N) is 2. The molecule has 5 nitrogen and oxygen atoms in total. The Kier molecular flexibility index (Phi) is 6.21. The number of amides is 1. The first-order valence-corrected chi connectivity index (χ1v) is 9.68. The lowest BCUT2D eigenvalue weighted by Crippen LogP contribution is -2.28. The number of carbonyl (C=O) groups excluding carboxylic acids is 1. The van der Waals surface area contributed by atoms with Gasteiger partial charge in [-0.3, -0.25) is 4.79 Å². The van der Waals surface area contributed by atoms with E-state index in [1.54, 1.807) is 37.3 Å². The average molecular weight is 381 g/mol. The van der Waals surface area contributed by atoms with Crippen molar-refractivity contribution in [2.24, 2.45) is 0 Å². The molecule has 2 rings (SSSR count). The van der Waals surface area contributed by atoms with Crippen molar-refractivity contribution < 1.29 is 13.2 Å². The van der Waals surface area contributed by atoms with E-state index in [2.05, 4.69) is 10.0 Å². The van der Waals surface area contributed by atoms with Crippen LogP contribution in [0, 0.1) is 20.8 Å². The van der Waals surface area contributed by atoms with Gasteiger partial charge in [0.05, 0.1) is 4.90 Å². The molecule has 0 bridgehead atoms. The minimum atomic E-state index is -3.65. The quantitative estimate of drug-likeness (QED) is 0.804. The van der Waals surface area contributed by atoms with Crippen molar-refractivity contribution in [1.82, 2.24) is 4.72 Å². The maximum absolute atomic E-state index is 12.4. The highest BCUT2D eigenvalue weighted by atomic mass is 35.5. The van der Waals surface area contributed by atoms with Crippen LogP contribution in [0.1, 0.15) is 23.1 Å². The lowest BCUT2D eigenvalue weighted by atomic mass is 10.2. The Labute approximate surface area is 153 Å². The molecule has 0 heterocycles. The molecule has 2 aromatic rings. The molecule has 0 saturated carbocycles. The molecule has 2 aromatic carbocycles.